The molecule has 1 aromatic heterocycles. The minimum Gasteiger partial charge on any atom is -0.393 e. The third kappa shape index (κ3) is 3.67. The summed E-state index contributed by atoms with van der Waals surface area (Å²) in [6, 6.07) is 13.9. The summed E-state index contributed by atoms with van der Waals surface area (Å²) in [6.07, 6.45) is -0.955. The zero-order valence-electron chi connectivity index (χ0n) is 16.3. The minimum atomic E-state index is -1.50. The van der Waals surface area contributed by atoms with E-state index in [9.17, 15) is 14.7 Å². The van der Waals surface area contributed by atoms with Crippen molar-refractivity contribution < 1.29 is 19.8 Å². The first-order chi connectivity index (χ1) is 14.4. The first-order valence-corrected chi connectivity index (χ1v) is 9.99. The summed E-state index contributed by atoms with van der Waals surface area (Å²) >= 11 is 6.03. The molecule has 0 spiro atoms. The van der Waals surface area contributed by atoms with E-state index in [2.05, 4.69) is 10.3 Å². The molecule has 0 aliphatic heterocycles. The molecule has 0 bridgehead atoms. The fourth-order valence-corrected chi connectivity index (χ4v) is 4.29. The molecule has 156 valence electrons. The van der Waals surface area contributed by atoms with Crippen molar-refractivity contribution in [3.8, 4) is 0 Å². The van der Waals surface area contributed by atoms with Gasteiger partial charge in [0.1, 0.15) is 5.69 Å². The summed E-state index contributed by atoms with van der Waals surface area (Å²) in [5.41, 5.74) is 3.13. The lowest BCUT2D eigenvalue weighted by atomic mass is 10.0. The molecule has 1 heterocycles. The molecule has 7 nitrogen and oxygen atoms in total. The van der Waals surface area contributed by atoms with Crippen molar-refractivity contribution >= 4 is 34.3 Å². The van der Waals surface area contributed by atoms with Gasteiger partial charge in [-0.25, -0.2) is 0 Å². The molecule has 0 saturated carbocycles. The highest BCUT2D eigenvalue weighted by atomic mass is 35.5. The van der Waals surface area contributed by atoms with Crippen LogP contribution < -0.4 is 5.32 Å². The van der Waals surface area contributed by atoms with Crippen molar-refractivity contribution in [2.45, 2.75) is 24.6 Å². The SMILES string of the molecule is CN(C(=O)[C@@H](O)CO)[C@@H]1c2ccccc2C[C@H]1NC(=O)c1cc2cc(Cl)ccc2[nH]1. The van der Waals surface area contributed by atoms with Gasteiger partial charge >= 0.3 is 0 Å². The van der Waals surface area contributed by atoms with E-state index in [0.717, 1.165) is 22.0 Å². The Labute approximate surface area is 178 Å². The molecular weight excluding hydrogens is 406 g/mol. The van der Waals surface area contributed by atoms with Crippen LogP contribution in [0.3, 0.4) is 0 Å². The topological polar surface area (TPSA) is 106 Å². The Hall–Kier alpha value is -2.87. The summed E-state index contributed by atoms with van der Waals surface area (Å²) in [4.78, 5) is 30.0. The molecule has 3 atom stereocenters. The molecule has 0 unspecified atom stereocenters. The number of fused-ring (bicyclic) bond motifs is 2. The maximum Gasteiger partial charge on any atom is 0.268 e. The zero-order valence-corrected chi connectivity index (χ0v) is 17.1. The molecule has 4 rings (SSSR count). The van der Waals surface area contributed by atoms with Crippen molar-refractivity contribution in [1.82, 2.24) is 15.2 Å². The van der Waals surface area contributed by atoms with Crippen LogP contribution in [0.25, 0.3) is 10.9 Å². The van der Waals surface area contributed by atoms with Gasteiger partial charge in [-0.15, -0.1) is 0 Å². The number of hydrogen-bond acceptors (Lipinski definition) is 4. The molecule has 1 aliphatic rings. The number of aliphatic hydroxyl groups is 2. The molecule has 8 heteroatoms. The van der Waals surface area contributed by atoms with Gasteiger partial charge in [0.2, 0.25) is 0 Å². The molecule has 0 fully saturated rings. The van der Waals surface area contributed by atoms with Gasteiger partial charge in [-0.05, 0) is 41.8 Å². The molecule has 0 radical (unpaired) electrons. The van der Waals surface area contributed by atoms with Crippen molar-refractivity contribution in [3.63, 3.8) is 0 Å². The highest BCUT2D eigenvalue weighted by molar-refractivity contribution is 6.31. The van der Waals surface area contributed by atoms with Gasteiger partial charge in [0.15, 0.2) is 6.10 Å². The number of benzene rings is 2. The lowest BCUT2D eigenvalue weighted by Gasteiger charge is -2.32. The second-order valence-corrected chi connectivity index (χ2v) is 7.93. The normalized spacial score (nSPS) is 18.8. The van der Waals surface area contributed by atoms with E-state index in [1.165, 1.54) is 4.90 Å². The largest absolute Gasteiger partial charge is 0.393 e. The number of carbonyl (C=O) groups is 2. The fourth-order valence-electron chi connectivity index (χ4n) is 4.10. The van der Waals surface area contributed by atoms with Gasteiger partial charge in [-0.3, -0.25) is 9.59 Å². The standard InChI is InChI=1S/C22H22ClN3O4/c1-26(22(30)19(28)11-27)20-15-5-3-2-4-12(15)9-17(20)25-21(29)18-10-13-8-14(23)6-7-16(13)24-18/h2-8,10,17,19-20,24,27-28H,9,11H2,1H3,(H,25,29)/t17-,19+,20-/m1/s1. The van der Waals surface area contributed by atoms with E-state index in [1.807, 2.05) is 30.3 Å². The monoisotopic (exact) mass is 427 g/mol. The second kappa shape index (κ2) is 8.10. The fraction of sp³-hybridized carbons (Fsp3) is 0.273. The first kappa shape index (κ1) is 20.4. The Balaban J connectivity index is 1.61. The van der Waals surface area contributed by atoms with Gasteiger partial charge in [-0.1, -0.05) is 35.9 Å². The van der Waals surface area contributed by atoms with E-state index in [1.54, 1.807) is 25.2 Å². The van der Waals surface area contributed by atoms with Crippen molar-refractivity contribution in [3.05, 3.63) is 70.4 Å². The Bertz CT molecular complexity index is 1110. The van der Waals surface area contributed by atoms with E-state index in [4.69, 9.17) is 16.7 Å². The number of amides is 2. The Morgan fingerprint density at radius 1 is 1.27 bits per heavy atom. The minimum absolute atomic E-state index is 0.298. The number of aromatic nitrogens is 1. The number of aliphatic hydroxyl groups excluding tert-OH is 2. The second-order valence-electron chi connectivity index (χ2n) is 7.49. The smallest absolute Gasteiger partial charge is 0.268 e. The summed E-state index contributed by atoms with van der Waals surface area (Å²) in [5.74, 6) is -0.896. The van der Waals surface area contributed by atoms with Crippen LogP contribution >= 0.6 is 11.6 Å². The van der Waals surface area contributed by atoms with Crippen LogP contribution in [0.5, 0.6) is 0 Å². The predicted molar refractivity (Wildman–Crippen MR) is 113 cm³/mol. The number of H-pyrrole nitrogens is 1. The molecular formula is C22H22ClN3O4. The number of hydrogen-bond donors (Lipinski definition) is 4. The van der Waals surface area contributed by atoms with Crippen molar-refractivity contribution in [1.29, 1.82) is 0 Å². The number of carbonyl (C=O) groups excluding carboxylic acids is 2. The van der Waals surface area contributed by atoms with Crippen LogP contribution in [0.4, 0.5) is 0 Å². The van der Waals surface area contributed by atoms with Crippen molar-refractivity contribution in [2.75, 3.05) is 13.7 Å². The van der Waals surface area contributed by atoms with Crippen LogP contribution in [0.15, 0.2) is 48.5 Å². The number of likely N-dealkylation sites (N-methyl/N-ethyl adjacent to an activating group) is 1. The highest BCUT2D eigenvalue weighted by Gasteiger charge is 2.39. The molecule has 2 aromatic carbocycles. The average Bonchev–Trinajstić information content (AvgIpc) is 3.32. The summed E-state index contributed by atoms with van der Waals surface area (Å²) < 4.78 is 0. The predicted octanol–water partition coefficient (Wildman–Crippen LogP) is 2.03. The maximum absolute atomic E-state index is 13.0. The molecule has 4 N–H and O–H groups in total. The van der Waals surface area contributed by atoms with E-state index >= 15 is 0 Å². The third-order valence-corrected chi connectivity index (χ3v) is 5.80. The van der Waals surface area contributed by atoms with E-state index in [-0.39, 0.29) is 11.9 Å². The van der Waals surface area contributed by atoms with Crippen LogP contribution in [-0.2, 0) is 11.2 Å². The number of nitrogens with zero attached hydrogens (tertiary/aromatic N) is 1. The summed E-state index contributed by atoms with van der Waals surface area (Å²) in [6.45, 7) is -0.661. The number of nitrogens with one attached hydrogen (secondary N) is 2. The molecule has 30 heavy (non-hydrogen) atoms. The molecule has 0 saturated heterocycles. The van der Waals surface area contributed by atoms with E-state index in [0.29, 0.717) is 17.1 Å². The van der Waals surface area contributed by atoms with E-state index < -0.39 is 24.7 Å². The first-order valence-electron chi connectivity index (χ1n) is 9.61. The summed E-state index contributed by atoms with van der Waals surface area (Å²) in [7, 11) is 1.57. The van der Waals surface area contributed by atoms with Crippen LogP contribution in [0.1, 0.15) is 27.7 Å². The average molecular weight is 428 g/mol. The van der Waals surface area contributed by atoms with Crippen LogP contribution in [0, 0.1) is 0 Å². The van der Waals surface area contributed by atoms with Gasteiger partial charge in [0.25, 0.3) is 11.8 Å². The van der Waals surface area contributed by atoms with Crippen molar-refractivity contribution in [2.24, 2.45) is 0 Å². The number of aromatic amines is 1. The quantitative estimate of drug-likeness (QED) is 0.500. The Kier molecular flexibility index (Phi) is 5.51. The molecule has 1 aliphatic carbocycles. The Morgan fingerprint density at radius 3 is 2.80 bits per heavy atom. The van der Waals surface area contributed by atoms with Crippen LogP contribution in [0.2, 0.25) is 5.02 Å². The van der Waals surface area contributed by atoms with Gasteiger partial charge in [0.05, 0.1) is 18.7 Å². The zero-order chi connectivity index (χ0) is 21.4. The highest BCUT2D eigenvalue weighted by Crippen LogP contribution is 2.36. The summed E-state index contributed by atoms with van der Waals surface area (Å²) in [5, 5.41) is 23.4. The maximum atomic E-state index is 13.0. The van der Waals surface area contributed by atoms with Gasteiger partial charge in [0, 0.05) is 23.0 Å². The number of halogens is 1. The Morgan fingerprint density at radius 2 is 2.03 bits per heavy atom. The molecule has 3 aromatic rings. The van der Waals surface area contributed by atoms with Gasteiger partial charge in [-0.2, -0.15) is 0 Å². The van der Waals surface area contributed by atoms with Crippen LogP contribution in [-0.4, -0.2) is 57.7 Å². The lowest BCUT2D eigenvalue weighted by molar-refractivity contribution is -0.143. The molecule has 2 amide bonds. The number of rotatable bonds is 5. The third-order valence-electron chi connectivity index (χ3n) is 5.56. The lowest BCUT2D eigenvalue weighted by Crippen LogP contribution is -2.48. The van der Waals surface area contributed by atoms with Gasteiger partial charge < -0.3 is 25.4 Å².